The molecule has 14 heteroatoms. The van der Waals surface area contributed by atoms with E-state index in [4.69, 9.17) is 56.8 Å². The molecule has 0 unspecified atom stereocenters. The van der Waals surface area contributed by atoms with Gasteiger partial charge in [0, 0.05) is 14.0 Å². The number of benzene rings is 7. The zero-order valence-electron chi connectivity index (χ0n) is 44.4. The molecule has 0 amide bonds. The normalized spacial score (nSPS) is 23.0. The van der Waals surface area contributed by atoms with Crippen LogP contribution in [0.15, 0.2) is 200 Å². The number of rotatable bonds is 27. The van der Waals surface area contributed by atoms with E-state index < -0.39 is 73.0 Å². The molecule has 78 heavy (non-hydrogen) atoms. The van der Waals surface area contributed by atoms with Crippen LogP contribution in [0.5, 0.6) is 11.5 Å². The number of ether oxygens (including phenoxy) is 12. The van der Waals surface area contributed by atoms with Crippen LogP contribution >= 0.6 is 0 Å². The smallest absolute Gasteiger partial charge is 0.302 e. The monoisotopic (exact) mass is 1060 g/mol. The highest BCUT2D eigenvalue weighted by atomic mass is 16.8. The van der Waals surface area contributed by atoms with E-state index in [0.29, 0.717) is 18.1 Å². The number of esters is 1. The summed E-state index contributed by atoms with van der Waals surface area (Å²) in [7, 11) is 4.75. The fourth-order valence-electron chi connectivity index (χ4n) is 10.1. The second kappa shape index (κ2) is 26.7. The van der Waals surface area contributed by atoms with Gasteiger partial charge in [0.25, 0.3) is 0 Å². The first kappa shape index (κ1) is 55.9. The lowest BCUT2D eigenvalue weighted by Crippen LogP contribution is -2.57. The zero-order chi connectivity index (χ0) is 54.2. The van der Waals surface area contributed by atoms with Crippen molar-refractivity contribution in [2.45, 2.75) is 87.2 Å². The molecule has 2 aliphatic heterocycles. The number of carbonyl (C=O) groups is 1. The van der Waals surface area contributed by atoms with Gasteiger partial charge in [-0.05, 0) is 63.2 Å². The molecule has 9 rings (SSSR count). The standard InChI is InChI=1S/C64H68O14/c1-46(65)71-43-56-58(66)60(73-40-49-24-14-7-15-25-49)63(77-56,45-76-64(51-28-18-9-19-29-51,52-30-34-54(67-2)35-31-52)53-32-36-55(68-3)37-33-53)75-44-62(69-4)61(74-41-50-26-16-8-17-27-50)59(72-39-48-22-12-6-13-23-48)57(78-62)42-70-38-47-20-10-5-11-21-47/h5-37,56-61,66H,38-45H2,1-4H3/t56-,57-,58-,59-,60+,61+,62-,63-/m1/s1. The van der Waals surface area contributed by atoms with Crippen LogP contribution in [0.2, 0.25) is 0 Å². The van der Waals surface area contributed by atoms with Gasteiger partial charge < -0.3 is 61.9 Å². The topological polar surface area (TPSA) is 148 Å². The lowest BCUT2D eigenvalue weighted by molar-refractivity contribution is -0.347. The van der Waals surface area contributed by atoms with Crippen molar-refractivity contribution in [2.24, 2.45) is 0 Å². The maximum atomic E-state index is 12.6. The summed E-state index contributed by atoms with van der Waals surface area (Å²) in [6, 6.07) is 64.1. The summed E-state index contributed by atoms with van der Waals surface area (Å²) in [5.41, 5.74) is 4.45. The molecule has 7 aromatic carbocycles. The number of hydrogen-bond donors (Lipinski definition) is 1. The number of aliphatic hydroxyl groups is 1. The van der Waals surface area contributed by atoms with Crippen molar-refractivity contribution in [1.82, 2.24) is 0 Å². The summed E-state index contributed by atoms with van der Waals surface area (Å²) in [5.74, 6) is -3.04. The Balaban J connectivity index is 1.16. The average Bonchev–Trinajstić information content (AvgIpc) is 4.11. The van der Waals surface area contributed by atoms with E-state index in [1.54, 1.807) is 14.2 Å². The molecule has 408 valence electrons. The maximum Gasteiger partial charge on any atom is 0.302 e. The van der Waals surface area contributed by atoms with Crippen molar-refractivity contribution in [1.29, 1.82) is 0 Å². The third-order valence-electron chi connectivity index (χ3n) is 14.1. The van der Waals surface area contributed by atoms with Gasteiger partial charge in [-0.3, -0.25) is 4.79 Å². The van der Waals surface area contributed by atoms with Gasteiger partial charge in [-0.25, -0.2) is 0 Å². The highest BCUT2D eigenvalue weighted by Gasteiger charge is 2.63. The molecular weight excluding hydrogens is 993 g/mol. The molecule has 2 heterocycles. The van der Waals surface area contributed by atoms with E-state index in [9.17, 15) is 9.90 Å². The molecular formula is C64H68O14. The first-order chi connectivity index (χ1) is 38.2. The predicted octanol–water partition coefficient (Wildman–Crippen LogP) is 9.76. The van der Waals surface area contributed by atoms with Crippen molar-refractivity contribution >= 4 is 5.97 Å². The molecule has 0 radical (unpaired) electrons. The largest absolute Gasteiger partial charge is 0.497 e. The van der Waals surface area contributed by atoms with Crippen molar-refractivity contribution in [3.63, 3.8) is 0 Å². The summed E-state index contributed by atoms with van der Waals surface area (Å²) in [5, 5.41) is 12.6. The molecule has 14 nitrogen and oxygen atoms in total. The molecule has 1 N–H and O–H groups in total. The zero-order valence-corrected chi connectivity index (χ0v) is 44.4. The van der Waals surface area contributed by atoms with Crippen LogP contribution < -0.4 is 9.47 Å². The molecule has 0 saturated carbocycles. The minimum Gasteiger partial charge on any atom is -0.497 e. The summed E-state index contributed by atoms with van der Waals surface area (Å²) in [6.45, 7) is 0.957. The highest BCUT2D eigenvalue weighted by Crippen LogP contribution is 2.47. The average molecular weight is 1060 g/mol. The van der Waals surface area contributed by atoms with E-state index >= 15 is 0 Å². The second-order valence-electron chi connectivity index (χ2n) is 19.2. The highest BCUT2D eigenvalue weighted by molar-refractivity contribution is 5.65. The van der Waals surface area contributed by atoms with Gasteiger partial charge in [-0.15, -0.1) is 0 Å². The Morgan fingerprint density at radius 1 is 0.500 bits per heavy atom. The van der Waals surface area contributed by atoms with Gasteiger partial charge >= 0.3 is 5.97 Å². The van der Waals surface area contributed by atoms with E-state index in [-0.39, 0.29) is 33.0 Å². The molecule has 2 saturated heterocycles. The SMILES string of the molecule is COc1ccc(C(OC[C@@]2(OC[C@@]3(OC)O[C@H](COCc4ccccc4)[C@@H](OCc4ccccc4)[C@@H]3OCc3ccccc3)O[C@H](COC(C)=O)[C@@H](O)[C@@H]2OCc2ccccc2)(c2ccccc2)c2ccc(OC)cc2)cc1. The Morgan fingerprint density at radius 2 is 0.936 bits per heavy atom. The third-order valence-corrected chi connectivity index (χ3v) is 14.1. The Hall–Kier alpha value is -6.79. The first-order valence-corrected chi connectivity index (χ1v) is 26.1. The van der Waals surface area contributed by atoms with Crippen LogP contribution in [0.25, 0.3) is 0 Å². The van der Waals surface area contributed by atoms with Crippen LogP contribution in [-0.2, 0) is 84.2 Å². The van der Waals surface area contributed by atoms with E-state index in [0.717, 1.165) is 38.9 Å². The van der Waals surface area contributed by atoms with E-state index in [1.165, 1.54) is 14.0 Å². The molecule has 8 atom stereocenters. The van der Waals surface area contributed by atoms with Crippen LogP contribution in [0.3, 0.4) is 0 Å². The fraction of sp³-hybridized carbons (Fsp3) is 0.328. The fourth-order valence-corrected chi connectivity index (χ4v) is 10.1. The van der Waals surface area contributed by atoms with E-state index in [2.05, 4.69) is 0 Å². The van der Waals surface area contributed by atoms with Gasteiger partial charge in [-0.2, -0.15) is 0 Å². The number of methoxy groups -OCH3 is 3. The van der Waals surface area contributed by atoms with Gasteiger partial charge in [0.05, 0.1) is 47.3 Å². The summed E-state index contributed by atoms with van der Waals surface area (Å²) >= 11 is 0. The van der Waals surface area contributed by atoms with Gasteiger partial charge in [0.2, 0.25) is 11.6 Å². The first-order valence-electron chi connectivity index (χ1n) is 26.1. The lowest BCUT2D eigenvalue weighted by atomic mass is 9.80. The predicted molar refractivity (Wildman–Crippen MR) is 290 cm³/mol. The molecule has 0 aromatic heterocycles. The molecule has 7 aromatic rings. The molecule has 2 aliphatic rings. The Labute approximate surface area is 456 Å². The van der Waals surface area contributed by atoms with Crippen LogP contribution in [0.4, 0.5) is 0 Å². The Kier molecular flexibility index (Phi) is 19.2. The molecule has 0 bridgehead atoms. The summed E-state index contributed by atoms with van der Waals surface area (Å²) < 4.78 is 79.6. The summed E-state index contributed by atoms with van der Waals surface area (Å²) in [6.07, 6.45) is -6.41. The minimum atomic E-state index is -2.01. The number of aliphatic hydroxyl groups excluding tert-OH is 1. The van der Waals surface area contributed by atoms with Gasteiger partial charge in [0.15, 0.2) is 0 Å². The van der Waals surface area contributed by atoms with Crippen LogP contribution in [0, 0.1) is 0 Å². The van der Waals surface area contributed by atoms with Crippen molar-refractivity contribution in [2.75, 3.05) is 47.8 Å². The van der Waals surface area contributed by atoms with Crippen LogP contribution in [-0.4, -0.2) is 107 Å². The minimum absolute atomic E-state index is 0.0308. The van der Waals surface area contributed by atoms with Gasteiger partial charge in [0.1, 0.15) is 73.5 Å². The number of carbonyl (C=O) groups excluding carboxylic acids is 1. The second-order valence-corrected chi connectivity index (χ2v) is 19.2. The third kappa shape index (κ3) is 13.2. The van der Waals surface area contributed by atoms with Gasteiger partial charge in [-0.1, -0.05) is 176 Å². The molecule has 2 fully saturated rings. The Bertz CT molecular complexity index is 2830. The summed E-state index contributed by atoms with van der Waals surface area (Å²) in [4.78, 5) is 12.5. The van der Waals surface area contributed by atoms with Crippen molar-refractivity contribution in [3.8, 4) is 11.5 Å². The lowest BCUT2D eigenvalue weighted by Gasteiger charge is -2.42. The molecule has 0 spiro atoms. The van der Waals surface area contributed by atoms with Crippen molar-refractivity contribution < 1.29 is 66.7 Å². The quantitative estimate of drug-likeness (QED) is 0.0385. The van der Waals surface area contributed by atoms with Crippen LogP contribution in [0.1, 0.15) is 45.9 Å². The maximum absolute atomic E-state index is 12.6. The molecule has 0 aliphatic carbocycles. The van der Waals surface area contributed by atoms with E-state index in [1.807, 2.05) is 200 Å². The van der Waals surface area contributed by atoms with Crippen molar-refractivity contribution in [3.05, 3.63) is 239 Å². The number of hydrogen-bond acceptors (Lipinski definition) is 14. The Morgan fingerprint density at radius 3 is 1.41 bits per heavy atom.